The van der Waals surface area contributed by atoms with Gasteiger partial charge in [-0.15, -0.1) is 0 Å². The van der Waals surface area contributed by atoms with Crippen LogP contribution in [0.15, 0.2) is 29.1 Å². The number of para-hydroxylation sites is 2. The quantitative estimate of drug-likeness (QED) is 0.819. The molecule has 0 saturated carbocycles. The van der Waals surface area contributed by atoms with Crippen molar-refractivity contribution >= 4 is 16.9 Å². The van der Waals surface area contributed by atoms with Crippen molar-refractivity contribution in [1.29, 1.82) is 5.26 Å². The Kier molecular flexibility index (Phi) is 4.20. The summed E-state index contributed by atoms with van der Waals surface area (Å²) in [5.74, 6) is -0.263. The average molecular weight is 272 g/mol. The van der Waals surface area contributed by atoms with Crippen molar-refractivity contribution in [1.82, 2.24) is 14.5 Å². The summed E-state index contributed by atoms with van der Waals surface area (Å²) in [5.41, 5.74) is 1.38. The number of aryl methyl sites for hydroxylation is 1. The first kappa shape index (κ1) is 13.9. The highest BCUT2D eigenvalue weighted by Crippen LogP contribution is 2.12. The van der Waals surface area contributed by atoms with Crippen LogP contribution in [0.5, 0.6) is 0 Å². The molecule has 0 aliphatic carbocycles. The van der Waals surface area contributed by atoms with E-state index in [2.05, 4.69) is 5.32 Å². The number of aromatic nitrogens is 2. The van der Waals surface area contributed by atoms with Crippen molar-refractivity contribution in [3.63, 3.8) is 0 Å². The van der Waals surface area contributed by atoms with Crippen LogP contribution in [0.2, 0.25) is 0 Å². The summed E-state index contributed by atoms with van der Waals surface area (Å²) in [6, 6.07) is 9.35. The Labute approximate surface area is 116 Å². The summed E-state index contributed by atoms with van der Waals surface area (Å²) in [7, 11) is 0. The normalized spacial score (nSPS) is 10.4. The molecule has 20 heavy (non-hydrogen) atoms. The Balaban J connectivity index is 2.31. The molecular weight excluding hydrogens is 256 g/mol. The highest BCUT2D eigenvalue weighted by molar-refractivity contribution is 5.80. The number of nitrogens with one attached hydrogen (secondary N) is 1. The first-order valence-electron chi connectivity index (χ1n) is 6.50. The number of benzene rings is 1. The molecule has 0 fully saturated rings. The molecule has 0 aliphatic rings. The molecule has 0 spiro atoms. The van der Waals surface area contributed by atoms with Gasteiger partial charge in [0.1, 0.15) is 6.54 Å². The lowest BCUT2D eigenvalue weighted by atomic mass is 10.3. The Hall–Kier alpha value is -2.55. The topological polar surface area (TPSA) is 79.8 Å². The van der Waals surface area contributed by atoms with Gasteiger partial charge in [0.2, 0.25) is 5.91 Å². The van der Waals surface area contributed by atoms with Crippen LogP contribution in [0.4, 0.5) is 0 Å². The van der Waals surface area contributed by atoms with Crippen LogP contribution in [0.1, 0.15) is 13.3 Å². The minimum absolute atomic E-state index is 0.0300. The number of fused-ring (bicyclic) bond motifs is 1. The van der Waals surface area contributed by atoms with Crippen molar-refractivity contribution < 1.29 is 4.79 Å². The molecule has 1 amide bonds. The lowest BCUT2D eigenvalue weighted by Gasteiger charge is -2.04. The molecule has 0 aliphatic heterocycles. The van der Waals surface area contributed by atoms with E-state index in [-0.39, 0.29) is 24.6 Å². The maximum atomic E-state index is 12.3. The average Bonchev–Trinajstić information content (AvgIpc) is 2.72. The van der Waals surface area contributed by atoms with Gasteiger partial charge in [0.15, 0.2) is 0 Å². The second-order valence-electron chi connectivity index (χ2n) is 4.36. The predicted octanol–water partition coefficient (Wildman–Crippen LogP) is 0.853. The van der Waals surface area contributed by atoms with Crippen LogP contribution in [-0.4, -0.2) is 21.6 Å². The molecule has 1 heterocycles. The summed E-state index contributed by atoms with van der Waals surface area (Å²) < 4.78 is 3.10. The lowest BCUT2D eigenvalue weighted by Crippen LogP contribution is -2.33. The molecular formula is C14H16N4O2. The summed E-state index contributed by atoms with van der Waals surface area (Å²) in [6.07, 6.45) is 0.261. The van der Waals surface area contributed by atoms with Crippen molar-refractivity contribution in [2.75, 3.05) is 6.54 Å². The number of imidazole rings is 1. The van der Waals surface area contributed by atoms with Gasteiger partial charge in [-0.2, -0.15) is 5.26 Å². The molecule has 0 radical (unpaired) electrons. The zero-order chi connectivity index (χ0) is 14.5. The highest BCUT2D eigenvalue weighted by atomic mass is 16.2. The fourth-order valence-electron chi connectivity index (χ4n) is 2.19. The van der Waals surface area contributed by atoms with Crippen molar-refractivity contribution in [2.24, 2.45) is 0 Å². The van der Waals surface area contributed by atoms with Gasteiger partial charge in [-0.1, -0.05) is 12.1 Å². The zero-order valence-corrected chi connectivity index (χ0v) is 11.3. The van der Waals surface area contributed by atoms with Crippen LogP contribution in [0, 0.1) is 11.3 Å². The molecule has 0 saturated heterocycles. The minimum Gasteiger partial charge on any atom is -0.354 e. The third kappa shape index (κ3) is 2.57. The van der Waals surface area contributed by atoms with E-state index < -0.39 is 0 Å². The molecule has 1 aromatic heterocycles. The monoisotopic (exact) mass is 272 g/mol. The van der Waals surface area contributed by atoms with Gasteiger partial charge in [-0.25, -0.2) is 4.79 Å². The van der Waals surface area contributed by atoms with E-state index in [1.54, 1.807) is 4.57 Å². The van der Waals surface area contributed by atoms with Gasteiger partial charge < -0.3 is 5.32 Å². The number of nitrogens with zero attached hydrogens (tertiary/aromatic N) is 3. The van der Waals surface area contributed by atoms with Crippen LogP contribution in [0.25, 0.3) is 11.0 Å². The smallest absolute Gasteiger partial charge is 0.329 e. The molecule has 1 aromatic carbocycles. The molecule has 1 N–H and O–H groups in total. The Morgan fingerprint density at radius 3 is 2.55 bits per heavy atom. The maximum absolute atomic E-state index is 12.3. The number of carbonyl (C=O) groups is 1. The maximum Gasteiger partial charge on any atom is 0.329 e. The van der Waals surface area contributed by atoms with E-state index >= 15 is 0 Å². The van der Waals surface area contributed by atoms with Crippen molar-refractivity contribution in [2.45, 2.75) is 26.4 Å². The van der Waals surface area contributed by atoms with E-state index in [0.29, 0.717) is 13.1 Å². The molecule has 0 unspecified atom stereocenters. The minimum atomic E-state index is -0.263. The van der Waals surface area contributed by atoms with Gasteiger partial charge in [0, 0.05) is 13.1 Å². The van der Waals surface area contributed by atoms with Crippen LogP contribution in [0.3, 0.4) is 0 Å². The molecule has 6 nitrogen and oxygen atoms in total. The standard InChI is InChI=1S/C14H16N4O2/c1-2-17-11-6-3-4-7-12(11)18(14(17)20)10-13(19)16-9-5-8-15/h3-4,6-7H,2,5,9-10H2,1H3,(H,16,19). The van der Waals surface area contributed by atoms with E-state index in [1.807, 2.05) is 37.3 Å². The molecule has 2 aromatic rings. The van der Waals surface area contributed by atoms with Gasteiger partial charge >= 0.3 is 5.69 Å². The number of rotatable bonds is 5. The summed E-state index contributed by atoms with van der Waals surface area (Å²) >= 11 is 0. The van der Waals surface area contributed by atoms with Gasteiger partial charge in [-0.05, 0) is 19.1 Å². The zero-order valence-electron chi connectivity index (χ0n) is 11.3. The van der Waals surface area contributed by atoms with Crippen LogP contribution in [-0.2, 0) is 17.9 Å². The third-order valence-corrected chi connectivity index (χ3v) is 3.10. The van der Waals surface area contributed by atoms with Gasteiger partial charge in [0.05, 0.1) is 23.5 Å². The molecule has 104 valence electrons. The van der Waals surface area contributed by atoms with E-state index in [9.17, 15) is 9.59 Å². The predicted molar refractivity (Wildman–Crippen MR) is 75.1 cm³/mol. The number of nitriles is 1. The first-order valence-corrected chi connectivity index (χ1v) is 6.50. The second kappa shape index (κ2) is 6.06. The number of carbonyl (C=O) groups excluding carboxylic acids is 1. The van der Waals surface area contributed by atoms with Gasteiger partial charge in [-0.3, -0.25) is 13.9 Å². The van der Waals surface area contributed by atoms with E-state index in [1.165, 1.54) is 4.57 Å². The molecule has 6 heteroatoms. The number of amides is 1. The summed E-state index contributed by atoms with van der Waals surface area (Å²) in [4.78, 5) is 24.1. The van der Waals surface area contributed by atoms with Crippen LogP contribution < -0.4 is 11.0 Å². The Bertz CT molecular complexity index is 721. The Morgan fingerprint density at radius 1 is 1.30 bits per heavy atom. The largest absolute Gasteiger partial charge is 0.354 e. The fraction of sp³-hybridized carbons (Fsp3) is 0.357. The van der Waals surface area contributed by atoms with Gasteiger partial charge in [0.25, 0.3) is 0 Å². The number of hydrogen-bond acceptors (Lipinski definition) is 3. The molecule has 0 bridgehead atoms. The molecule has 0 atom stereocenters. The first-order chi connectivity index (χ1) is 9.69. The van der Waals surface area contributed by atoms with E-state index in [0.717, 1.165) is 11.0 Å². The van der Waals surface area contributed by atoms with Crippen LogP contribution >= 0.6 is 0 Å². The fourth-order valence-corrected chi connectivity index (χ4v) is 2.19. The highest BCUT2D eigenvalue weighted by Gasteiger charge is 2.13. The second-order valence-corrected chi connectivity index (χ2v) is 4.36. The summed E-state index contributed by atoms with van der Waals surface area (Å²) in [6.45, 7) is 2.72. The third-order valence-electron chi connectivity index (χ3n) is 3.10. The lowest BCUT2D eigenvalue weighted by molar-refractivity contribution is -0.121. The SMILES string of the molecule is CCn1c(=O)n(CC(=O)NCCC#N)c2ccccc21. The van der Waals surface area contributed by atoms with Crippen molar-refractivity contribution in [3.05, 3.63) is 34.7 Å². The van der Waals surface area contributed by atoms with E-state index in [4.69, 9.17) is 5.26 Å². The summed E-state index contributed by atoms with van der Waals surface area (Å²) in [5, 5.41) is 11.1. The Morgan fingerprint density at radius 2 is 1.95 bits per heavy atom. The number of hydrogen-bond donors (Lipinski definition) is 1. The molecule has 2 rings (SSSR count). The van der Waals surface area contributed by atoms with Crippen molar-refractivity contribution in [3.8, 4) is 6.07 Å².